The van der Waals surface area contributed by atoms with Crippen LogP contribution in [0.25, 0.3) is 0 Å². The van der Waals surface area contributed by atoms with Crippen LogP contribution in [0.15, 0.2) is 18.2 Å². The minimum Gasteiger partial charge on any atom is -0.507 e. The average molecular weight is 291 g/mol. The Labute approximate surface area is 126 Å². The van der Waals surface area contributed by atoms with Crippen molar-refractivity contribution in [3.05, 3.63) is 29.3 Å². The Morgan fingerprint density at radius 3 is 2.57 bits per heavy atom. The summed E-state index contributed by atoms with van der Waals surface area (Å²) in [5.74, 6) is 0.00923. The largest absolute Gasteiger partial charge is 0.507 e. The van der Waals surface area contributed by atoms with E-state index in [1.165, 1.54) is 0 Å². The van der Waals surface area contributed by atoms with Gasteiger partial charge < -0.3 is 15.7 Å². The molecule has 21 heavy (non-hydrogen) atoms. The standard InChI is InChI=1S/C16H25N3O2/c1-3-13(11-17)18-7-9-19(10-8-18)16(21)14-6-4-5-12(2)15(14)20/h4-6,13,20H,3,7-11,17H2,1-2H3. The fraction of sp³-hybridized carbons (Fsp3) is 0.562. The molecule has 1 heterocycles. The highest BCUT2D eigenvalue weighted by atomic mass is 16.3. The first-order valence-corrected chi connectivity index (χ1v) is 7.60. The fourth-order valence-corrected chi connectivity index (χ4v) is 2.87. The second-order valence-corrected chi connectivity index (χ2v) is 5.60. The molecule has 0 bridgehead atoms. The summed E-state index contributed by atoms with van der Waals surface area (Å²) in [4.78, 5) is 16.7. The zero-order valence-corrected chi connectivity index (χ0v) is 12.9. The molecule has 0 saturated carbocycles. The lowest BCUT2D eigenvalue weighted by Crippen LogP contribution is -2.53. The molecule has 0 radical (unpaired) electrons. The van der Waals surface area contributed by atoms with Gasteiger partial charge in [0.05, 0.1) is 5.56 Å². The summed E-state index contributed by atoms with van der Waals surface area (Å²) in [7, 11) is 0. The molecule has 1 fully saturated rings. The van der Waals surface area contributed by atoms with Gasteiger partial charge in [0.2, 0.25) is 0 Å². The maximum absolute atomic E-state index is 12.5. The van der Waals surface area contributed by atoms with Crippen molar-refractivity contribution < 1.29 is 9.90 Å². The van der Waals surface area contributed by atoms with Crippen molar-refractivity contribution >= 4 is 5.91 Å². The van der Waals surface area contributed by atoms with Crippen LogP contribution in [0.3, 0.4) is 0 Å². The molecule has 5 heteroatoms. The minimum absolute atomic E-state index is 0.0864. The summed E-state index contributed by atoms with van der Waals surface area (Å²) < 4.78 is 0. The van der Waals surface area contributed by atoms with Crippen LogP contribution in [0, 0.1) is 6.92 Å². The topological polar surface area (TPSA) is 69.8 Å². The third-order valence-corrected chi connectivity index (χ3v) is 4.33. The summed E-state index contributed by atoms with van der Waals surface area (Å²) in [6.45, 7) is 7.65. The summed E-state index contributed by atoms with van der Waals surface area (Å²) in [5, 5.41) is 10.0. The van der Waals surface area contributed by atoms with E-state index in [-0.39, 0.29) is 11.7 Å². The third-order valence-electron chi connectivity index (χ3n) is 4.33. The first-order chi connectivity index (χ1) is 10.1. The summed E-state index contributed by atoms with van der Waals surface area (Å²) in [6.07, 6.45) is 1.03. The Bertz CT molecular complexity index is 492. The number of nitrogens with two attached hydrogens (primary N) is 1. The molecule has 1 amide bonds. The summed E-state index contributed by atoms with van der Waals surface area (Å²) in [6, 6.07) is 5.69. The molecule has 3 N–H and O–H groups in total. The third kappa shape index (κ3) is 3.36. The predicted molar refractivity (Wildman–Crippen MR) is 83.5 cm³/mol. The number of benzene rings is 1. The number of piperazine rings is 1. The molecule has 1 unspecified atom stereocenters. The van der Waals surface area contributed by atoms with Crippen molar-refractivity contribution in [2.45, 2.75) is 26.3 Å². The Kier molecular flexibility index (Phi) is 5.20. The van der Waals surface area contributed by atoms with E-state index >= 15 is 0 Å². The number of hydrogen-bond acceptors (Lipinski definition) is 4. The van der Waals surface area contributed by atoms with E-state index in [0.717, 1.165) is 25.1 Å². The van der Waals surface area contributed by atoms with Crippen LogP contribution in [0.2, 0.25) is 0 Å². The van der Waals surface area contributed by atoms with Gasteiger partial charge in [-0.3, -0.25) is 9.69 Å². The number of nitrogens with zero attached hydrogens (tertiary/aromatic N) is 2. The Morgan fingerprint density at radius 1 is 1.33 bits per heavy atom. The summed E-state index contributed by atoms with van der Waals surface area (Å²) in [5.41, 5.74) is 6.91. The van der Waals surface area contributed by atoms with E-state index in [0.29, 0.717) is 31.2 Å². The molecule has 1 saturated heterocycles. The van der Waals surface area contributed by atoms with Gasteiger partial charge in [-0.15, -0.1) is 0 Å². The van der Waals surface area contributed by atoms with Crippen LogP contribution >= 0.6 is 0 Å². The molecule has 2 rings (SSSR count). The number of rotatable bonds is 4. The van der Waals surface area contributed by atoms with E-state index in [1.807, 2.05) is 4.90 Å². The van der Waals surface area contributed by atoms with Crippen molar-refractivity contribution in [1.29, 1.82) is 0 Å². The number of phenols is 1. The van der Waals surface area contributed by atoms with E-state index in [4.69, 9.17) is 5.73 Å². The van der Waals surface area contributed by atoms with Crippen LogP contribution in [0.5, 0.6) is 5.75 Å². The van der Waals surface area contributed by atoms with E-state index in [9.17, 15) is 9.90 Å². The molecule has 1 aliphatic rings. The Balaban J connectivity index is 2.02. The highest BCUT2D eigenvalue weighted by molar-refractivity contribution is 5.97. The number of aryl methyl sites for hydroxylation is 1. The second-order valence-electron chi connectivity index (χ2n) is 5.60. The Morgan fingerprint density at radius 2 is 2.00 bits per heavy atom. The normalized spacial score (nSPS) is 17.8. The van der Waals surface area contributed by atoms with E-state index in [2.05, 4.69) is 11.8 Å². The van der Waals surface area contributed by atoms with Crippen LogP contribution in [-0.2, 0) is 0 Å². The number of aromatic hydroxyl groups is 1. The van der Waals surface area contributed by atoms with Gasteiger partial charge in [0.1, 0.15) is 5.75 Å². The van der Waals surface area contributed by atoms with Gasteiger partial charge in [-0.25, -0.2) is 0 Å². The van der Waals surface area contributed by atoms with Gasteiger partial charge in [0.15, 0.2) is 0 Å². The Hall–Kier alpha value is -1.59. The molecule has 5 nitrogen and oxygen atoms in total. The average Bonchev–Trinajstić information content (AvgIpc) is 2.51. The number of hydrogen-bond donors (Lipinski definition) is 2. The highest BCUT2D eigenvalue weighted by Crippen LogP contribution is 2.23. The molecule has 1 aromatic rings. The molecule has 1 aromatic carbocycles. The molecule has 0 aliphatic carbocycles. The molecule has 1 aliphatic heterocycles. The lowest BCUT2D eigenvalue weighted by Gasteiger charge is -2.38. The van der Waals surface area contributed by atoms with Crippen LogP contribution < -0.4 is 5.73 Å². The van der Waals surface area contributed by atoms with E-state index < -0.39 is 0 Å². The van der Waals surface area contributed by atoms with Gasteiger partial charge in [0, 0.05) is 38.8 Å². The van der Waals surface area contributed by atoms with Crippen LogP contribution in [0.1, 0.15) is 29.3 Å². The maximum Gasteiger partial charge on any atom is 0.257 e. The number of carbonyl (C=O) groups excluding carboxylic acids is 1. The molecular weight excluding hydrogens is 266 g/mol. The zero-order valence-electron chi connectivity index (χ0n) is 12.9. The molecule has 1 atom stereocenters. The quantitative estimate of drug-likeness (QED) is 0.874. The summed E-state index contributed by atoms with van der Waals surface area (Å²) >= 11 is 0. The number of para-hydroxylation sites is 1. The smallest absolute Gasteiger partial charge is 0.257 e. The van der Waals surface area contributed by atoms with Crippen molar-refractivity contribution in [2.24, 2.45) is 5.73 Å². The molecular formula is C16H25N3O2. The van der Waals surface area contributed by atoms with Crippen LogP contribution in [-0.4, -0.2) is 59.6 Å². The fourth-order valence-electron chi connectivity index (χ4n) is 2.87. The second kappa shape index (κ2) is 6.91. The van der Waals surface area contributed by atoms with Crippen molar-refractivity contribution in [3.8, 4) is 5.75 Å². The lowest BCUT2D eigenvalue weighted by atomic mass is 10.1. The maximum atomic E-state index is 12.5. The van der Waals surface area contributed by atoms with Crippen molar-refractivity contribution in [1.82, 2.24) is 9.80 Å². The number of carbonyl (C=O) groups is 1. The zero-order chi connectivity index (χ0) is 15.4. The van der Waals surface area contributed by atoms with Crippen molar-refractivity contribution in [2.75, 3.05) is 32.7 Å². The van der Waals surface area contributed by atoms with E-state index in [1.54, 1.807) is 25.1 Å². The highest BCUT2D eigenvalue weighted by Gasteiger charge is 2.26. The lowest BCUT2D eigenvalue weighted by molar-refractivity contribution is 0.0568. The predicted octanol–water partition coefficient (Wildman–Crippen LogP) is 1.20. The van der Waals surface area contributed by atoms with Crippen LogP contribution in [0.4, 0.5) is 0 Å². The minimum atomic E-state index is -0.0864. The SMILES string of the molecule is CCC(CN)N1CCN(C(=O)c2cccc(C)c2O)CC1. The van der Waals surface area contributed by atoms with Gasteiger partial charge in [-0.1, -0.05) is 19.1 Å². The first-order valence-electron chi connectivity index (χ1n) is 7.60. The van der Waals surface area contributed by atoms with Gasteiger partial charge in [-0.05, 0) is 25.0 Å². The molecule has 116 valence electrons. The molecule has 0 spiro atoms. The van der Waals surface area contributed by atoms with Gasteiger partial charge >= 0.3 is 0 Å². The van der Waals surface area contributed by atoms with Gasteiger partial charge in [0.25, 0.3) is 5.91 Å². The van der Waals surface area contributed by atoms with Crippen molar-refractivity contribution in [3.63, 3.8) is 0 Å². The number of phenolic OH excluding ortho intramolecular Hbond substituents is 1. The monoisotopic (exact) mass is 291 g/mol. The van der Waals surface area contributed by atoms with Gasteiger partial charge in [-0.2, -0.15) is 0 Å². The number of amides is 1. The first kappa shape index (κ1) is 15.8. The molecule has 0 aromatic heterocycles.